The Morgan fingerprint density at radius 3 is 1.05 bits per heavy atom. The van der Waals surface area contributed by atoms with Crippen LogP contribution in [0.4, 0.5) is 0 Å². The summed E-state index contributed by atoms with van der Waals surface area (Å²) in [5.74, 6) is -3.66. The third-order valence-corrected chi connectivity index (χ3v) is 14.3. The van der Waals surface area contributed by atoms with Crippen LogP contribution >= 0.6 is 0 Å². The summed E-state index contributed by atoms with van der Waals surface area (Å²) in [5.41, 5.74) is 0.297. The van der Waals surface area contributed by atoms with Crippen molar-refractivity contribution < 1.29 is 76.1 Å². The van der Waals surface area contributed by atoms with Crippen molar-refractivity contribution >= 4 is 78.5 Å². The van der Waals surface area contributed by atoms with Crippen LogP contribution < -0.4 is 0 Å². The monoisotopic (exact) mass is 1110 g/mol. The second-order valence-electron chi connectivity index (χ2n) is 21.3. The van der Waals surface area contributed by atoms with Gasteiger partial charge in [-0.05, 0) is 82.3 Å². The van der Waals surface area contributed by atoms with E-state index < -0.39 is 23.9 Å². The predicted octanol–water partition coefficient (Wildman–Crippen LogP) is 12.6. The zero-order valence-corrected chi connectivity index (χ0v) is 49.3. The number of methoxy groups -OCH3 is 2. The van der Waals surface area contributed by atoms with Crippen LogP contribution in [0.1, 0.15) is 182 Å². The topological polar surface area (TPSA) is 195 Å². The summed E-state index contributed by atoms with van der Waals surface area (Å²) in [7, 11) is 3.17. The number of carbonyl (C=O) groups is 6. The van der Waals surface area contributed by atoms with Crippen LogP contribution in [0.15, 0.2) is 36.4 Å². The molecular formula is C64H88O16. The number of hydrogen-bond acceptors (Lipinski definition) is 16. The van der Waals surface area contributed by atoms with Gasteiger partial charge >= 0.3 is 23.9 Å². The standard InChI is InChI=1S/C64H88O16/c1-11-15-17-43(13-3)39-79-61(67)47-21-19-45-56-50(54(66)36-42(7)8)38-52(64(70)78-34-32-76-30-28-74-26-24-72-10)58-48(62(68)80-40-44(14-4)18-16-12-2)22-20-46(60(56)58)55-49(53(65)35-41(5)6)37-51(57(47)59(45)55)63(69)77-33-31-75-29-27-73-25-23-71-9/h19-22,37-38,41-44H,11-18,23-36,39-40H2,1-10H3. The number of unbranched alkanes of at least 4 members (excludes halogenated alkanes) is 2. The lowest BCUT2D eigenvalue weighted by Crippen LogP contribution is -2.19. The van der Waals surface area contributed by atoms with Crippen molar-refractivity contribution in [3.05, 3.63) is 69.8 Å². The van der Waals surface area contributed by atoms with Gasteiger partial charge in [0, 0.05) is 59.7 Å². The molecule has 0 heterocycles. The van der Waals surface area contributed by atoms with Gasteiger partial charge in [-0.1, -0.05) is 106 Å². The molecule has 0 N–H and O–H groups in total. The number of ether oxygens (including phenoxy) is 10. The van der Waals surface area contributed by atoms with E-state index in [4.69, 9.17) is 47.4 Å². The van der Waals surface area contributed by atoms with Gasteiger partial charge in [0.1, 0.15) is 13.2 Å². The molecule has 5 rings (SSSR count). The Kier molecular flexibility index (Phi) is 27.7. The summed E-state index contributed by atoms with van der Waals surface area (Å²) in [6, 6.07) is 9.53. The van der Waals surface area contributed by atoms with Gasteiger partial charge in [-0.15, -0.1) is 0 Å². The highest BCUT2D eigenvalue weighted by atomic mass is 16.6. The first-order valence-electron chi connectivity index (χ1n) is 29.0. The molecule has 5 aromatic rings. The molecule has 16 heteroatoms. The van der Waals surface area contributed by atoms with Crippen molar-refractivity contribution in [2.45, 2.75) is 120 Å². The van der Waals surface area contributed by atoms with Gasteiger partial charge in [0.15, 0.2) is 11.6 Å². The molecule has 0 saturated heterocycles. The average molecular weight is 1110 g/mol. The minimum absolute atomic E-state index is 0.0339. The highest BCUT2D eigenvalue weighted by Gasteiger charge is 2.33. The number of fused-ring (bicyclic) bond motifs is 2. The first-order chi connectivity index (χ1) is 38.7. The van der Waals surface area contributed by atoms with Crippen LogP contribution in [-0.2, 0) is 47.4 Å². The van der Waals surface area contributed by atoms with E-state index in [1.54, 1.807) is 38.5 Å². The summed E-state index contributed by atoms with van der Waals surface area (Å²) in [5, 5.41) is 2.51. The van der Waals surface area contributed by atoms with Crippen molar-refractivity contribution in [1.82, 2.24) is 0 Å². The fraction of sp³-hybridized carbons (Fsp3) is 0.594. The molecule has 0 bridgehead atoms. The van der Waals surface area contributed by atoms with Gasteiger partial charge in [-0.2, -0.15) is 0 Å². The molecule has 440 valence electrons. The Labute approximate surface area is 472 Å². The minimum atomic E-state index is -0.814. The molecule has 2 atom stereocenters. The predicted molar refractivity (Wildman–Crippen MR) is 310 cm³/mol. The van der Waals surface area contributed by atoms with E-state index in [-0.39, 0.29) is 145 Å². The Hall–Kier alpha value is -5.62. The maximum absolute atomic E-state index is 15.0. The Balaban J connectivity index is 1.87. The molecule has 2 unspecified atom stereocenters. The first-order valence-corrected chi connectivity index (χ1v) is 29.0. The van der Waals surface area contributed by atoms with Crippen molar-refractivity contribution in [2.24, 2.45) is 23.7 Å². The molecule has 0 radical (unpaired) electrons. The van der Waals surface area contributed by atoms with Gasteiger partial charge in [0.25, 0.3) is 0 Å². The summed E-state index contributed by atoms with van der Waals surface area (Å²) < 4.78 is 56.6. The zero-order valence-electron chi connectivity index (χ0n) is 49.3. The van der Waals surface area contributed by atoms with Gasteiger partial charge in [-0.3, -0.25) is 9.59 Å². The Morgan fingerprint density at radius 2 is 0.725 bits per heavy atom. The SMILES string of the molecule is CCCCC(CC)COC(=O)c1ccc2c3c(C(=O)CC(C)C)cc(C(=O)OCCOCCOCCOC)c4c(C(=O)OCC(CC)CCCC)ccc(c5c(C(=O)CC(C)C)cc(C(=O)OCCOCCOCCOC)c1c25)c43. The van der Waals surface area contributed by atoms with E-state index in [9.17, 15) is 19.2 Å². The van der Waals surface area contributed by atoms with Gasteiger partial charge in [-0.25, -0.2) is 19.2 Å². The number of hydrogen-bond donors (Lipinski definition) is 0. The third kappa shape index (κ3) is 17.7. The minimum Gasteiger partial charge on any atom is -0.462 e. The van der Waals surface area contributed by atoms with E-state index >= 15 is 9.59 Å². The number of benzene rings is 5. The number of Topliss-reactive ketones (excluding diaryl/α,β-unsaturated/α-hetero) is 2. The summed E-state index contributed by atoms with van der Waals surface area (Å²) in [6.07, 6.45) is 7.33. The average Bonchev–Trinajstić information content (AvgIpc) is 3.44. The summed E-state index contributed by atoms with van der Waals surface area (Å²) in [4.78, 5) is 89.1. The van der Waals surface area contributed by atoms with E-state index in [1.165, 1.54) is 12.1 Å². The van der Waals surface area contributed by atoms with E-state index in [0.717, 1.165) is 51.4 Å². The molecule has 16 nitrogen and oxygen atoms in total. The van der Waals surface area contributed by atoms with Crippen molar-refractivity contribution in [3.8, 4) is 0 Å². The van der Waals surface area contributed by atoms with Crippen molar-refractivity contribution in [2.75, 3.05) is 107 Å². The smallest absolute Gasteiger partial charge is 0.338 e. The Morgan fingerprint density at radius 1 is 0.388 bits per heavy atom. The maximum atomic E-state index is 15.0. The fourth-order valence-electron chi connectivity index (χ4n) is 9.98. The molecule has 5 aromatic carbocycles. The number of rotatable bonds is 40. The normalized spacial score (nSPS) is 12.6. The molecule has 0 saturated carbocycles. The van der Waals surface area contributed by atoms with E-state index in [2.05, 4.69) is 27.7 Å². The lowest BCUT2D eigenvalue weighted by molar-refractivity contribution is 0.00559. The molecule has 0 spiro atoms. The molecule has 0 amide bonds. The van der Waals surface area contributed by atoms with Gasteiger partial charge in [0.2, 0.25) is 0 Å². The molecule has 0 fully saturated rings. The maximum Gasteiger partial charge on any atom is 0.338 e. The number of esters is 4. The fourth-order valence-corrected chi connectivity index (χ4v) is 9.98. The second-order valence-corrected chi connectivity index (χ2v) is 21.3. The summed E-state index contributed by atoms with van der Waals surface area (Å²) >= 11 is 0. The van der Waals surface area contributed by atoms with Crippen LogP contribution in [0.25, 0.3) is 43.1 Å². The van der Waals surface area contributed by atoms with Crippen LogP contribution in [0.2, 0.25) is 0 Å². The number of ketones is 2. The second kappa shape index (κ2) is 34.0. The highest BCUT2D eigenvalue weighted by Crippen LogP contribution is 2.48. The molecule has 80 heavy (non-hydrogen) atoms. The molecule has 0 aliphatic rings. The molecule has 0 aliphatic heterocycles. The quantitative estimate of drug-likeness (QED) is 0.00896. The highest BCUT2D eigenvalue weighted by molar-refractivity contribution is 6.42. The van der Waals surface area contributed by atoms with Crippen LogP contribution in [0.5, 0.6) is 0 Å². The molecular weight excluding hydrogens is 1020 g/mol. The van der Waals surface area contributed by atoms with Gasteiger partial charge < -0.3 is 47.4 Å². The zero-order chi connectivity index (χ0) is 58.1. The lowest BCUT2D eigenvalue weighted by atomic mass is 9.79. The summed E-state index contributed by atoms with van der Waals surface area (Å²) in [6.45, 7) is 18.8. The van der Waals surface area contributed by atoms with Crippen LogP contribution in [0.3, 0.4) is 0 Å². The molecule has 0 aliphatic carbocycles. The van der Waals surface area contributed by atoms with Crippen LogP contribution in [0, 0.1) is 23.7 Å². The van der Waals surface area contributed by atoms with Gasteiger partial charge in [0.05, 0.1) is 102 Å². The van der Waals surface area contributed by atoms with E-state index in [0.29, 0.717) is 72.0 Å². The Bertz CT molecular complexity index is 2620. The van der Waals surface area contributed by atoms with Crippen LogP contribution in [-0.4, -0.2) is 142 Å². The van der Waals surface area contributed by atoms with Crippen molar-refractivity contribution in [3.63, 3.8) is 0 Å². The largest absolute Gasteiger partial charge is 0.462 e. The first kappa shape index (κ1) is 65.2. The number of carbonyl (C=O) groups excluding carboxylic acids is 6. The third-order valence-electron chi connectivity index (χ3n) is 14.3. The molecule has 0 aromatic heterocycles. The van der Waals surface area contributed by atoms with Crippen molar-refractivity contribution in [1.29, 1.82) is 0 Å². The van der Waals surface area contributed by atoms with E-state index in [1.807, 2.05) is 27.7 Å². The lowest BCUT2D eigenvalue weighted by Gasteiger charge is -2.24.